The molecule has 0 spiro atoms. The summed E-state index contributed by atoms with van der Waals surface area (Å²) in [7, 11) is -3.66. The number of hydrogen-bond donors (Lipinski definition) is 1. The molecule has 1 aromatic carbocycles. The Labute approximate surface area is 144 Å². The number of anilines is 2. The van der Waals surface area contributed by atoms with Gasteiger partial charge in [0, 0.05) is 13.1 Å². The van der Waals surface area contributed by atoms with Gasteiger partial charge in [-0.3, -0.25) is 4.72 Å². The lowest BCUT2D eigenvalue weighted by Gasteiger charge is -2.21. The van der Waals surface area contributed by atoms with E-state index in [1.54, 1.807) is 30.3 Å². The van der Waals surface area contributed by atoms with E-state index in [0.29, 0.717) is 0 Å². The molecule has 0 aliphatic heterocycles. The van der Waals surface area contributed by atoms with Crippen LogP contribution in [-0.2, 0) is 10.0 Å². The molecule has 1 aromatic heterocycles. The lowest BCUT2D eigenvalue weighted by molar-refractivity contribution is 0.601. The highest BCUT2D eigenvalue weighted by molar-refractivity contribution is 7.92. The van der Waals surface area contributed by atoms with Gasteiger partial charge in [-0.25, -0.2) is 8.42 Å². The van der Waals surface area contributed by atoms with Crippen molar-refractivity contribution in [2.24, 2.45) is 0 Å². The Balaban J connectivity index is 2.16. The lowest BCUT2D eigenvalue weighted by Crippen LogP contribution is -2.26. The van der Waals surface area contributed by atoms with E-state index in [-0.39, 0.29) is 10.7 Å². The highest BCUT2D eigenvalue weighted by Crippen LogP contribution is 2.17. The number of benzene rings is 1. The van der Waals surface area contributed by atoms with E-state index in [1.807, 2.05) is 13.0 Å². The fraction of sp³-hybridized carbons (Fsp3) is 0.412. The van der Waals surface area contributed by atoms with Gasteiger partial charge in [-0.15, -0.1) is 10.2 Å². The molecule has 7 heteroatoms. The molecule has 0 bridgehead atoms. The molecule has 2 rings (SSSR count). The zero-order chi connectivity index (χ0) is 17.6. The van der Waals surface area contributed by atoms with Crippen molar-refractivity contribution in [1.29, 1.82) is 0 Å². The van der Waals surface area contributed by atoms with Gasteiger partial charge in [0.05, 0.1) is 4.90 Å². The monoisotopic (exact) mass is 348 g/mol. The highest BCUT2D eigenvalue weighted by atomic mass is 32.2. The summed E-state index contributed by atoms with van der Waals surface area (Å²) < 4.78 is 27.2. The molecule has 0 aliphatic carbocycles. The second kappa shape index (κ2) is 8.10. The van der Waals surface area contributed by atoms with Crippen LogP contribution in [-0.4, -0.2) is 31.7 Å². The first-order valence-corrected chi connectivity index (χ1v) is 9.62. The van der Waals surface area contributed by atoms with E-state index in [1.165, 1.54) is 0 Å². The SMILES string of the molecule is CCCN(CCC)c1ccc(NS(=O)(=O)c2cccc(C)c2)nn1. The van der Waals surface area contributed by atoms with Crippen molar-refractivity contribution in [3.8, 4) is 0 Å². The van der Waals surface area contributed by atoms with Crippen LogP contribution in [0.15, 0.2) is 41.3 Å². The maximum atomic E-state index is 12.4. The molecule has 0 amide bonds. The number of rotatable bonds is 8. The van der Waals surface area contributed by atoms with Crippen molar-refractivity contribution >= 4 is 21.7 Å². The number of sulfonamides is 1. The molecule has 0 aliphatic rings. The minimum atomic E-state index is -3.66. The fourth-order valence-electron chi connectivity index (χ4n) is 2.41. The van der Waals surface area contributed by atoms with Gasteiger partial charge in [-0.2, -0.15) is 0 Å². The fourth-order valence-corrected chi connectivity index (χ4v) is 3.51. The van der Waals surface area contributed by atoms with Crippen LogP contribution in [0.4, 0.5) is 11.6 Å². The Morgan fingerprint density at radius 3 is 2.29 bits per heavy atom. The first-order chi connectivity index (χ1) is 11.5. The second-order valence-corrected chi connectivity index (χ2v) is 7.37. The minimum absolute atomic E-state index is 0.215. The van der Waals surface area contributed by atoms with Crippen molar-refractivity contribution in [2.75, 3.05) is 22.7 Å². The normalized spacial score (nSPS) is 11.3. The minimum Gasteiger partial charge on any atom is -0.355 e. The topological polar surface area (TPSA) is 75.2 Å². The van der Waals surface area contributed by atoms with Crippen molar-refractivity contribution in [2.45, 2.75) is 38.5 Å². The third kappa shape index (κ3) is 4.67. The Hall–Kier alpha value is -2.15. The van der Waals surface area contributed by atoms with Crippen molar-refractivity contribution in [1.82, 2.24) is 10.2 Å². The van der Waals surface area contributed by atoms with Crippen LogP contribution < -0.4 is 9.62 Å². The van der Waals surface area contributed by atoms with Crippen LogP contribution in [0.3, 0.4) is 0 Å². The Bertz CT molecular complexity index is 754. The molecule has 0 atom stereocenters. The van der Waals surface area contributed by atoms with Gasteiger partial charge in [0.25, 0.3) is 10.0 Å². The molecular formula is C17H24N4O2S. The van der Waals surface area contributed by atoms with E-state index in [4.69, 9.17) is 0 Å². The molecule has 2 aromatic rings. The zero-order valence-electron chi connectivity index (χ0n) is 14.4. The summed E-state index contributed by atoms with van der Waals surface area (Å²) in [6.45, 7) is 7.87. The molecule has 6 nitrogen and oxygen atoms in total. The number of hydrogen-bond acceptors (Lipinski definition) is 5. The molecule has 0 fully saturated rings. The van der Waals surface area contributed by atoms with Crippen molar-refractivity contribution in [3.05, 3.63) is 42.0 Å². The summed E-state index contributed by atoms with van der Waals surface area (Å²) >= 11 is 0. The molecule has 0 radical (unpaired) electrons. The second-order valence-electron chi connectivity index (χ2n) is 5.69. The van der Waals surface area contributed by atoms with Crippen LogP contribution in [0.25, 0.3) is 0 Å². The van der Waals surface area contributed by atoms with Crippen molar-refractivity contribution < 1.29 is 8.42 Å². The van der Waals surface area contributed by atoms with Gasteiger partial charge in [0.2, 0.25) is 0 Å². The largest absolute Gasteiger partial charge is 0.355 e. The standard InChI is InChI=1S/C17H24N4O2S/c1-4-11-21(12-5-2)17-10-9-16(18-19-17)20-24(22,23)15-8-6-7-14(3)13-15/h6-10,13H,4-5,11-12H2,1-3H3,(H,18,20). The lowest BCUT2D eigenvalue weighted by atomic mass is 10.2. The maximum Gasteiger partial charge on any atom is 0.263 e. The molecule has 130 valence electrons. The van der Waals surface area contributed by atoms with E-state index < -0.39 is 10.0 Å². The predicted molar refractivity (Wildman–Crippen MR) is 96.8 cm³/mol. The third-order valence-electron chi connectivity index (χ3n) is 3.50. The summed E-state index contributed by atoms with van der Waals surface area (Å²) in [5.41, 5.74) is 0.883. The van der Waals surface area contributed by atoms with E-state index in [9.17, 15) is 8.42 Å². The molecular weight excluding hydrogens is 324 g/mol. The Morgan fingerprint density at radius 1 is 1.04 bits per heavy atom. The number of aryl methyl sites for hydroxylation is 1. The predicted octanol–water partition coefficient (Wildman–Crippen LogP) is 3.21. The summed E-state index contributed by atoms with van der Waals surface area (Å²) in [6.07, 6.45) is 2.03. The molecule has 0 saturated heterocycles. The van der Waals surface area contributed by atoms with E-state index in [0.717, 1.165) is 37.3 Å². The Morgan fingerprint density at radius 2 is 1.75 bits per heavy atom. The Kier molecular flexibility index (Phi) is 6.14. The molecule has 0 unspecified atom stereocenters. The van der Waals surface area contributed by atoms with Gasteiger partial charge in [-0.05, 0) is 49.6 Å². The van der Waals surface area contributed by atoms with Gasteiger partial charge < -0.3 is 4.90 Å². The molecule has 1 N–H and O–H groups in total. The molecule has 0 saturated carbocycles. The van der Waals surface area contributed by atoms with Crippen LogP contribution in [0.5, 0.6) is 0 Å². The van der Waals surface area contributed by atoms with Gasteiger partial charge in [0.15, 0.2) is 11.6 Å². The quantitative estimate of drug-likeness (QED) is 0.793. The van der Waals surface area contributed by atoms with Crippen molar-refractivity contribution in [3.63, 3.8) is 0 Å². The first-order valence-electron chi connectivity index (χ1n) is 8.14. The van der Waals surface area contributed by atoms with Crippen LogP contribution in [0.2, 0.25) is 0 Å². The number of nitrogens with one attached hydrogen (secondary N) is 1. The summed E-state index contributed by atoms with van der Waals surface area (Å²) in [4.78, 5) is 2.36. The van der Waals surface area contributed by atoms with Crippen LogP contribution in [0, 0.1) is 6.92 Å². The van der Waals surface area contributed by atoms with Crippen LogP contribution in [0.1, 0.15) is 32.3 Å². The average molecular weight is 348 g/mol. The zero-order valence-corrected chi connectivity index (χ0v) is 15.2. The number of aromatic nitrogens is 2. The summed E-state index contributed by atoms with van der Waals surface area (Å²) in [6, 6.07) is 10.2. The van der Waals surface area contributed by atoms with Gasteiger partial charge in [-0.1, -0.05) is 26.0 Å². The van der Waals surface area contributed by atoms with E-state index >= 15 is 0 Å². The maximum absolute atomic E-state index is 12.4. The third-order valence-corrected chi connectivity index (χ3v) is 4.85. The molecule has 24 heavy (non-hydrogen) atoms. The molecule has 1 heterocycles. The summed E-state index contributed by atoms with van der Waals surface area (Å²) in [5, 5.41) is 8.18. The number of nitrogens with zero attached hydrogens (tertiary/aromatic N) is 3. The first kappa shape index (κ1) is 18.2. The summed E-state index contributed by atoms with van der Waals surface area (Å²) in [5.74, 6) is 0.977. The van der Waals surface area contributed by atoms with Gasteiger partial charge in [0.1, 0.15) is 0 Å². The highest BCUT2D eigenvalue weighted by Gasteiger charge is 2.15. The van der Waals surface area contributed by atoms with Crippen LogP contribution >= 0.6 is 0 Å². The average Bonchev–Trinajstić information content (AvgIpc) is 2.55. The van der Waals surface area contributed by atoms with E-state index in [2.05, 4.69) is 33.7 Å². The van der Waals surface area contributed by atoms with Gasteiger partial charge >= 0.3 is 0 Å². The smallest absolute Gasteiger partial charge is 0.263 e.